The second-order valence-electron chi connectivity index (χ2n) is 9.34. The number of esters is 1. The smallest absolute Gasteiger partial charge is 0.334 e. The molecule has 1 aromatic carbocycles. The third-order valence-electron chi connectivity index (χ3n) is 7.00. The Morgan fingerprint density at radius 3 is 2.84 bits per heavy atom. The van der Waals surface area contributed by atoms with E-state index in [0.29, 0.717) is 36.1 Å². The Kier molecular flexibility index (Phi) is 6.40. The molecule has 2 aliphatic carbocycles. The maximum Gasteiger partial charge on any atom is 0.334 e. The van der Waals surface area contributed by atoms with Gasteiger partial charge in [-0.15, -0.1) is 5.10 Å². The van der Waals surface area contributed by atoms with Gasteiger partial charge in [0.2, 0.25) is 0 Å². The van der Waals surface area contributed by atoms with Crippen molar-refractivity contribution in [2.45, 2.75) is 59.6 Å². The minimum absolute atomic E-state index is 0.0165. The number of hydrogen-bond acceptors (Lipinski definition) is 5. The Morgan fingerprint density at radius 1 is 1.25 bits per heavy atom. The van der Waals surface area contributed by atoms with E-state index in [9.17, 15) is 9.59 Å². The van der Waals surface area contributed by atoms with Gasteiger partial charge in [-0.2, -0.15) is 0 Å². The van der Waals surface area contributed by atoms with E-state index in [1.807, 2.05) is 19.1 Å². The number of Topliss-reactive ketones (excluding diaryl/α,β-unsaturated/α-hetero) is 1. The van der Waals surface area contributed by atoms with Gasteiger partial charge in [0.25, 0.3) is 0 Å². The van der Waals surface area contributed by atoms with E-state index in [4.69, 9.17) is 4.74 Å². The molecule has 0 aliphatic heterocycles. The molecule has 32 heavy (non-hydrogen) atoms. The van der Waals surface area contributed by atoms with Crippen LogP contribution in [0.3, 0.4) is 0 Å². The van der Waals surface area contributed by atoms with Gasteiger partial charge in [0.1, 0.15) is 12.3 Å². The van der Waals surface area contributed by atoms with Crippen LogP contribution in [0, 0.1) is 24.7 Å². The summed E-state index contributed by atoms with van der Waals surface area (Å²) >= 11 is 0. The summed E-state index contributed by atoms with van der Waals surface area (Å²) in [6, 6.07) is 8.23. The molecule has 0 radical (unpaired) electrons. The molecule has 168 valence electrons. The minimum Gasteiger partial charge on any atom is -0.456 e. The van der Waals surface area contributed by atoms with Crippen LogP contribution in [-0.2, 0) is 27.5 Å². The fourth-order valence-corrected chi connectivity index (χ4v) is 4.99. The highest BCUT2D eigenvalue weighted by molar-refractivity contribution is 5.98. The zero-order valence-corrected chi connectivity index (χ0v) is 19.1. The van der Waals surface area contributed by atoms with Gasteiger partial charge in [-0.3, -0.25) is 4.79 Å². The molecular formula is C26H31N3O3. The summed E-state index contributed by atoms with van der Waals surface area (Å²) in [6.45, 7) is 10.9. The molecule has 0 N–H and O–H groups in total. The van der Waals surface area contributed by atoms with Crippen molar-refractivity contribution in [3.63, 3.8) is 0 Å². The highest BCUT2D eigenvalue weighted by Crippen LogP contribution is 2.45. The Bertz CT molecular complexity index is 1080. The molecule has 0 spiro atoms. The average molecular weight is 434 g/mol. The van der Waals surface area contributed by atoms with Crippen molar-refractivity contribution in [1.82, 2.24) is 15.0 Å². The molecule has 1 aromatic heterocycles. The molecule has 4 rings (SSSR count). The van der Waals surface area contributed by atoms with Crippen molar-refractivity contribution in [3.05, 3.63) is 70.6 Å². The van der Waals surface area contributed by atoms with Crippen molar-refractivity contribution < 1.29 is 14.3 Å². The Hall–Kier alpha value is -3.02. The van der Waals surface area contributed by atoms with E-state index in [0.717, 1.165) is 30.4 Å². The van der Waals surface area contributed by atoms with Gasteiger partial charge in [-0.05, 0) is 62.0 Å². The number of hydrogen-bond donors (Lipinski definition) is 0. The lowest BCUT2D eigenvalue weighted by molar-refractivity contribution is -0.141. The number of carbonyl (C=O) groups is 2. The van der Waals surface area contributed by atoms with Crippen molar-refractivity contribution in [1.29, 1.82) is 0 Å². The summed E-state index contributed by atoms with van der Waals surface area (Å²) < 4.78 is 7.26. The molecule has 3 atom stereocenters. The monoisotopic (exact) mass is 433 g/mol. The lowest BCUT2D eigenvalue weighted by atomic mass is 9.86. The molecule has 2 aromatic rings. The van der Waals surface area contributed by atoms with Gasteiger partial charge in [-0.1, -0.05) is 54.1 Å². The van der Waals surface area contributed by atoms with Crippen LogP contribution in [0.4, 0.5) is 0 Å². The fourth-order valence-electron chi connectivity index (χ4n) is 4.99. The maximum atomic E-state index is 12.7. The van der Waals surface area contributed by atoms with E-state index < -0.39 is 5.97 Å². The number of aromatic nitrogens is 3. The predicted molar refractivity (Wildman–Crippen MR) is 122 cm³/mol. The number of ether oxygens (including phenoxy) is 1. The molecule has 0 bridgehead atoms. The summed E-state index contributed by atoms with van der Waals surface area (Å²) in [6.07, 6.45) is 5.02. The third kappa shape index (κ3) is 4.74. The van der Waals surface area contributed by atoms with Crippen LogP contribution >= 0.6 is 0 Å². The third-order valence-corrected chi connectivity index (χ3v) is 7.00. The van der Waals surface area contributed by atoms with Crippen LogP contribution in [0.1, 0.15) is 56.4 Å². The first-order valence-electron chi connectivity index (χ1n) is 11.3. The number of allylic oxidation sites excluding steroid dienone is 2. The fraction of sp³-hybridized carbons (Fsp3) is 0.462. The number of aryl methyl sites for hydroxylation is 1. The zero-order valence-electron chi connectivity index (χ0n) is 19.1. The van der Waals surface area contributed by atoms with Crippen molar-refractivity contribution in [2.24, 2.45) is 17.8 Å². The van der Waals surface area contributed by atoms with Gasteiger partial charge in [0.15, 0.2) is 5.78 Å². The summed E-state index contributed by atoms with van der Waals surface area (Å²) in [5.41, 5.74) is 5.54. The maximum absolute atomic E-state index is 12.7. The molecule has 1 heterocycles. The summed E-state index contributed by atoms with van der Waals surface area (Å²) in [4.78, 5) is 24.9. The number of fused-ring (bicyclic) bond motifs is 1. The molecular weight excluding hydrogens is 402 g/mol. The second-order valence-corrected chi connectivity index (χ2v) is 9.34. The Morgan fingerprint density at radius 2 is 2.06 bits per heavy atom. The van der Waals surface area contributed by atoms with Crippen LogP contribution in [-0.4, -0.2) is 26.7 Å². The van der Waals surface area contributed by atoms with E-state index in [1.54, 1.807) is 10.9 Å². The molecule has 6 nitrogen and oxygen atoms in total. The van der Waals surface area contributed by atoms with Crippen LogP contribution in [0.2, 0.25) is 0 Å². The minimum atomic E-state index is -0.392. The molecule has 2 aliphatic rings. The molecule has 1 saturated carbocycles. The van der Waals surface area contributed by atoms with E-state index in [1.165, 1.54) is 11.1 Å². The summed E-state index contributed by atoms with van der Waals surface area (Å²) in [5.74, 6) is 0.641. The quantitative estimate of drug-likeness (QED) is 0.493. The first-order chi connectivity index (χ1) is 15.3. The number of carbonyl (C=O) groups excluding carboxylic acids is 2. The SMILES string of the molecule is C=C(C(=O)OCc1cn(Cc2cccc(C)c2)nn1)[C@@H]1CC[C@H](C)[C@@H]2CC(=O)C(C)=C2C1. The number of nitrogens with zero attached hydrogens (tertiary/aromatic N) is 3. The van der Waals surface area contributed by atoms with Crippen LogP contribution in [0.25, 0.3) is 0 Å². The highest BCUT2D eigenvalue weighted by Gasteiger charge is 2.38. The van der Waals surface area contributed by atoms with E-state index >= 15 is 0 Å². The summed E-state index contributed by atoms with van der Waals surface area (Å²) in [5, 5.41) is 8.27. The van der Waals surface area contributed by atoms with Crippen molar-refractivity contribution >= 4 is 11.8 Å². The number of ketones is 1. The van der Waals surface area contributed by atoms with Crippen molar-refractivity contribution in [3.8, 4) is 0 Å². The second kappa shape index (κ2) is 9.23. The van der Waals surface area contributed by atoms with Gasteiger partial charge >= 0.3 is 5.97 Å². The van der Waals surface area contributed by atoms with Gasteiger partial charge in [-0.25, -0.2) is 9.48 Å². The number of benzene rings is 1. The zero-order chi connectivity index (χ0) is 22.8. The largest absolute Gasteiger partial charge is 0.456 e. The molecule has 0 amide bonds. The first kappa shape index (κ1) is 22.2. The van der Waals surface area contributed by atoms with Gasteiger partial charge < -0.3 is 4.74 Å². The molecule has 1 fully saturated rings. The molecule has 0 unspecified atom stereocenters. The molecule has 0 saturated heterocycles. The van der Waals surface area contributed by atoms with Crippen molar-refractivity contribution in [2.75, 3.05) is 0 Å². The number of rotatable bonds is 6. The highest BCUT2D eigenvalue weighted by atomic mass is 16.5. The predicted octanol–water partition coefficient (Wildman–Crippen LogP) is 4.58. The Balaban J connectivity index is 1.35. The lowest BCUT2D eigenvalue weighted by Gasteiger charge is -2.18. The first-order valence-corrected chi connectivity index (χ1v) is 11.3. The van der Waals surface area contributed by atoms with E-state index in [2.05, 4.69) is 42.9 Å². The van der Waals surface area contributed by atoms with Crippen LogP contribution in [0.5, 0.6) is 0 Å². The normalized spacial score (nSPS) is 23.1. The molecule has 6 heteroatoms. The van der Waals surface area contributed by atoms with E-state index in [-0.39, 0.29) is 18.3 Å². The summed E-state index contributed by atoms with van der Waals surface area (Å²) in [7, 11) is 0. The van der Waals surface area contributed by atoms with Gasteiger partial charge in [0.05, 0.1) is 12.7 Å². The standard InChI is InChI=1S/C26H31N3O3/c1-16-6-5-7-20(10-16)13-29-14-22(27-28-29)15-32-26(31)18(3)21-9-8-17(2)23-12-25(30)19(4)24(23)11-21/h5-7,10,14,17,21,23H,3,8-9,11-13,15H2,1-2,4H3/t17-,21+,23-/m0/s1. The Labute approximate surface area is 189 Å². The average Bonchev–Trinajstić information content (AvgIpc) is 3.28. The van der Waals surface area contributed by atoms with Crippen LogP contribution < -0.4 is 0 Å². The topological polar surface area (TPSA) is 74.1 Å². The van der Waals surface area contributed by atoms with Gasteiger partial charge in [0, 0.05) is 12.0 Å². The lowest BCUT2D eigenvalue weighted by Crippen LogP contribution is -2.16. The van der Waals surface area contributed by atoms with Crippen LogP contribution in [0.15, 0.2) is 53.8 Å².